The molecule has 0 aromatic rings. The Bertz CT molecular complexity index is 70.7. The summed E-state index contributed by atoms with van der Waals surface area (Å²) in [5.74, 6) is 0.472. The van der Waals surface area contributed by atoms with Crippen molar-refractivity contribution in [3.05, 3.63) is 0 Å². The second-order valence-electron chi connectivity index (χ2n) is 2.11. The second kappa shape index (κ2) is 5.56. The van der Waals surface area contributed by atoms with E-state index in [4.69, 9.17) is 4.74 Å². The van der Waals surface area contributed by atoms with Crippen LogP contribution >= 0.6 is 0 Å². The molecule has 0 aliphatic heterocycles. The van der Waals surface area contributed by atoms with E-state index in [0.717, 1.165) is 0 Å². The molecule has 0 rings (SSSR count). The number of rotatable bonds is 5. The van der Waals surface area contributed by atoms with Gasteiger partial charge in [-0.2, -0.15) is 0 Å². The maximum atomic E-state index is 9.42. The summed E-state index contributed by atoms with van der Waals surface area (Å²) < 4.78 is 9.01. The summed E-state index contributed by atoms with van der Waals surface area (Å²) in [5, 5.41) is 0. The number of hydrogen-bond donors (Lipinski definition) is 0. The summed E-state index contributed by atoms with van der Waals surface area (Å²) in [6.07, 6.45) is 0. The Morgan fingerprint density at radius 3 is 2.67 bits per heavy atom. The first-order chi connectivity index (χ1) is 4.27. The van der Waals surface area contributed by atoms with Crippen molar-refractivity contribution in [1.82, 2.24) is 0 Å². The van der Waals surface area contributed by atoms with Crippen LogP contribution in [0.15, 0.2) is 0 Å². The van der Waals surface area contributed by atoms with Crippen LogP contribution in [0.4, 0.5) is 0 Å². The van der Waals surface area contributed by atoms with E-state index in [1.54, 1.807) is 0 Å². The van der Waals surface area contributed by atoms with Crippen LogP contribution in [0.5, 0.6) is 0 Å². The minimum absolute atomic E-state index is 0.0156. The molecule has 0 atom stereocenters. The molecule has 0 aromatic heterocycles. The van der Waals surface area contributed by atoms with Gasteiger partial charge in [0.05, 0.1) is 6.61 Å². The van der Waals surface area contributed by atoms with Gasteiger partial charge in [0.15, 0.2) is 6.79 Å². The topological polar surface area (TPSA) is 35.5 Å². The molecule has 3 nitrogen and oxygen atoms in total. The van der Waals surface area contributed by atoms with Gasteiger partial charge >= 0.3 is 6.47 Å². The van der Waals surface area contributed by atoms with Gasteiger partial charge in [0.2, 0.25) is 0 Å². The second-order valence-corrected chi connectivity index (χ2v) is 2.11. The average molecular weight is 131 g/mol. The molecule has 3 heteroatoms. The molecule has 0 spiro atoms. The Balaban J connectivity index is 2.82. The van der Waals surface area contributed by atoms with Gasteiger partial charge in [-0.05, 0) is 5.92 Å². The standard InChI is InChI=1S/C6H11O3/c1-6(2)3-8-5-9-4-7/h6H,3,5H2,1-2H3. The molecule has 9 heavy (non-hydrogen) atoms. The van der Waals surface area contributed by atoms with Gasteiger partial charge in [-0.15, -0.1) is 0 Å². The first-order valence-electron chi connectivity index (χ1n) is 2.84. The molecule has 0 N–H and O–H groups in total. The van der Waals surface area contributed by atoms with Crippen LogP contribution in [0.25, 0.3) is 0 Å². The molecule has 0 bridgehead atoms. The molecule has 0 unspecified atom stereocenters. The fourth-order valence-corrected chi connectivity index (χ4v) is 0.350. The third-order valence-corrected chi connectivity index (χ3v) is 0.652. The van der Waals surface area contributed by atoms with Crippen LogP contribution in [0, 0.1) is 5.92 Å². The van der Waals surface area contributed by atoms with Gasteiger partial charge in [0.1, 0.15) is 0 Å². The first kappa shape index (κ1) is 8.43. The van der Waals surface area contributed by atoms with Gasteiger partial charge in [-0.25, -0.2) is 4.79 Å². The van der Waals surface area contributed by atoms with Crippen molar-refractivity contribution in [2.75, 3.05) is 13.4 Å². The van der Waals surface area contributed by atoms with Gasteiger partial charge in [-0.3, -0.25) is 0 Å². The lowest BCUT2D eigenvalue weighted by Crippen LogP contribution is -2.04. The fourth-order valence-electron chi connectivity index (χ4n) is 0.350. The Morgan fingerprint density at radius 2 is 2.22 bits per heavy atom. The highest BCUT2D eigenvalue weighted by Gasteiger charge is 1.91. The van der Waals surface area contributed by atoms with E-state index in [2.05, 4.69) is 4.74 Å². The quantitative estimate of drug-likeness (QED) is 0.407. The molecular weight excluding hydrogens is 120 g/mol. The van der Waals surface area contributed by atoms with Crippen LogP contribution < -0.4 is 0 Å². The van der Waals surface area contributed by atoms with E-state index in [0.29, 0.717) is 12.5 Å². The lowest BCUT2D eigenvalue weighted by molar-refractivity contribution is -0.00588. The third kappa shape index (κ3) is 7.43. The van der Waals surface area contributed by atoms with Crippen LogP contribution in [0.1, 0.15) is 13.8 Å². The van der Waals surface area contributed by atoms with Crippen molar-refractivity contribution in [1.29, 1.82) is 0 Å². The molecule has 0 saturated carbocycles. The predicted octanol–water partition coefficient (Wildman–Crippen LogP) is 0.700. The van der Waals surface area contributed by atoms with Crippen LogP contribution in [-0.2, 0) is 14.3 Å². The highest BCUT2D eigenvalue weighted by atomic mass is 16.7. The van der Waals surface area contributed by atoms with E-state index in [-0.39, 0.29) is 6.79 Å². The van der Waals surface area contributed by atoms with Crippen molar-refractivity contribution in [3.63, 3.8) is 0 Å². The molecule has 53 valence electrons. The van der Waals surface area contributed by atoms with Crippen molar-refractivity contribution >= 4 is 6.47 Å². The van der Waals surface area contributed by atoms with Crippen molar-refractivity contribution in [2.24, 2.45) is 5.92 Å². The van der Waals surface area contributed by atoms with E-state index in [9.17, 15) is 4.79 Å². The minimum Gasteiger partial charge on any atom is -0.430 e. The molecule has 0 aliphatic rings. The Hall–Kier alpha value is -0.570. The molecule has 0 fully saturated rings. The summed E-state index contributed by atoms with van der Waals surface area (Å²) in [6, 6.07) is 0. The zero-order valence-electron chi connectivity index (χ0n) is 5.72. The maximum absolute atomic E-state index is 9.42. The van der Waals surface area contributed by atoms with Crippen LogP contribution in [0.3, 0.4) is 0 Å². The zero-order chi connectivity index (χ0) is 7.11. The molecule has 1 radical (unpaired) electrons. The highest BCUT2D eigenvalue weighted by molar-refractivity contribution is 5.37. The summed E-state index contributed by atoms with van der Waals surface area (Å²) in [5.41, 5.74) is 0. The highest BCUT2D eigenvalue weighted by Crippen LogP contribution is 1.90. The lowest BCUT2D eigenvalue weighted by atomic mass is 10.2. The van der Waals surface area contributed by atoms with Gasteiger partial charge in [0, 0.05) is 0 Å². The molecule has 0 heterocycles. The summed E-state index contributed by atoms with van der Waals surface area (Å²) in [6.45, 7) is 5.93. The number of hydrogen-bond acceptors (Lipinski definition) is 3. The van der Waals surface area contributed by atoms with Gasteiger partial charge in [0.25, 0.3) is 0 Å². The minimum atomic E-state index is 0.0156. The number of ether oxygens (including phenoxy) is 2. The molecule has 0 amide bonds. The molecular formula is C6H11O3. The Labute approximate surface area is 55.0 Å². The molecule has 0 aromatic carbocycles. The SMILES string of the molecule is CC(C)COCO[C]=O. The van der Waals surface area contributed by atoms with E-state index < -0.39 is 0 Å². The van der Waals surface area contributed by atoms with Crippen LogP contribution in [0.2, 0.25) is 0 Å². The van der Waals surface area contributed by atoms with E-state index >= 15 is 0 Å². The fraction of sp³-hybridized carbons (Fsp3) is 0.833. The average Bonchev–Trinajstić information content (AvgIpc) is 1.80. The lowest BCUT2D eigenvalue weighted by Gasteiger charge is -2.03. The molecule has 0 aliphatic carbocycles. The smallest absolute Gasteiger partial charge is 0.419 e. The van der Waals surface area contributed by atoms with Crippen molar-refractivity contribution in [2.45, 2.75) is 13.8 Å². The Kier molecular flexibility index (Phi) is 5.21. The molecule has 0 saturated heterocycles. The Morgan fingerprint density at radius 1 is 1.56 bits per heavy atom. The normalized spacial score (nSPS) is 9.67. The van der Waals surface area contributed by atoms with E-state index in [1.165, 1.54) is 6.47 Å². The summed E-state index contributed by atoms with van der Waals surface area (Å²) in [4.78, 5) is 9.42. The van der Waals surface area contributed by atoms with Crippen LogP contribution in [-0.4, -0.2) is 19.9 Å². The van der Waals surface area contributed by atoms with Crippen molar-refractivity contribution in [3.8, 4) is 0 Å². The maximum Gasteiger partial charge on any atom is 0.419 e. The summed E-state index contributed by atoms with van der Waals surface area (Å²) >= 11 is 0. The predicted molar refractivity (Wildman–Crippen MR) is 32.4 cm³/mol. The van der Waals surface area contributed by atoms with Crippen molar-refractivity contribution < 1.29 is 14.3 Å². The van der Waals surface area contributed by atoms with E-state index in [1.807, 2.05) is 13.8 Å². The monoisotopic (exact) mass is 131 g/mol. The number of carbonyl (C=O) groups excluding carboxylic acids is 1. The summed E-state index contributed by atoms with van der Waals surface area (Å²) in [7, 11) is 0. The zero-order valence-corrected chi connectivity index (χ0v) is 5.72. The van der Waals surface area contributed by atoms with Gasteiger partial charge < -0.3 is 9.47 Å². The third-order valence-electron chi connectivity index (χ3n) is 0.652. The first-order valence-corrected chi connectivity index (χ1v) is 2.84. The largest absolute Gasteiger partial charge is 0.430 e. The van der Waals surface area contributed by atoms with Gasteiger partial charge in [-0.1, -0.05) is 13.8 Å².